The fourth-order valence-electron chi connectivity index (χ4n) is 3.10. The van der Waals surface area contributed by atoms with Gasteiger partial charge in [0.1, 0.15) is 5.75 Å². The van der Waals surface area contributed by atoms with E-state index in [-0.39, 0.29) is 11.7 Å². The lowest BCUT2D eigenvalue weighted by molar-refractivity contribution is 0.0729. The molecule has 1 amide bonds. The Morgan fingerprint density at radius 1 is 1.10 bits per heavy atom. The van der Waals surface area contributed by atoms with Crippen molar-refractivity contribution in [1.82, 2.24) is 9.62 Å². The van der Waals surface area contributed by atoms with E-state index < -0.39 is 10.0 Å². The number of nitrogens with zero attached hydrogens (tertiary/aromatic N) is 1. The summed E-state index contributed by atoms with van der Waals surface area (Å²) >= 11 is 0. The van der Waals surface area contributed by atoms with Gasteiger partial charge in [-0.3, -0.25) is 4.79 Å². The lowest BCUT2D eigenvalue weighted by atomic mass is 10.1. The van der Waals surface area contributed by atoms with Gasteiger partial charge in [-0.05, 0) is 30.7 Å². The standard InChI is InChI=1S/C21H26N2O5S/c1-2-28-20-6-4-3-5-19(20)15-22-21(24)18-9-7-17(8-10-18)16-29(25,26)23-11-13-27-14-12-23/h3-10H,2,11-16H2,1H3,(H,22,24). The quantitative estimate of drug-likeness (QED) is 0.710. The molecule has 1 N–H and O–H groups in total. The molecule has 0 aromatic heterocycles. The number of carbonyl (C=O) groups is 1. The lowest BCUT2D eigenvalue weighted by Gasteiger charge is -2.26. The number of carbonyl (C=O) groups excluding carboxylic acids is 1. The van der Waals surface area contributed by atoms with Gasteiger partial charge in [0.25, 0.3) is 5.91 Å². The maximum atomic E-state index is 12.5. The molecule has 8 heteroatoms. The van der Waals surface area contributed by atoms with E-state index in [0.717, 1.165) is 11.3 Å². The summed E-state index contributed by atoms with van der Waals surface area (Å²) in [6.07, 6.45) is 0. The number of rotatable bonds is 8. The SMILES string of the molecule is CCOc1ccccc1CNC(=O)c1ccc(CS(=O)(=O)N2CCOCC2)cc1. The largest absolute Gasteiger partial charge is 0.494 e. The van der Waals surface area contributed by atoms with Crippen LogP contribution in [0.1, 0.15) is 28.4 Å². The van der Waals surface area contributed by atoms with Crippen molar-refractivity contribution >= 4 is 15.9 Å². The first kappa shape index (κ1) is 21.3. The van der Waals surface area contributed by atoms with Crippen molar-refractivity contribution < 1.29 is 22.7 Å². The van der Waals surface area contributed by atoms with Gasteiger partial charge in [-0.1, -0.05) is 30.3 Å². The number of benzene rings is 2. The summed E-state index contributed by atoms with van der Waals surface area (Å²) in [7, 11) is -3.39. The average Bonchev–Trinajstić information content (AvgIpc) is 2.74. The number of ether oxygens (including phenoxy) is 2. The normalized spacial score (nSPS) is 15.1. The van der Waals surface area contributed by atoms with Crippen LogP contribution in [-0.2, 0) is 27.1 Å². The Kier molecular flexibility index (Phi) is 7.24. The molecule has 1 heterocycles. The molecule has 0 radical (unpaired) electrons. The highest BCUT2D eigenvalue weighted by atomic mass is 32.2. The molecule has 1 aliphatic heterocycles. The summed E-state index contributed by atoms with van der Waals surface area (Å²) in [6.45, 7) is 4.42. The van der Waals surface area contributed by atoms with Crippen molar-refractivity contribution in [1.29, 1.82) is 0 Å². The van der Waals surface area contributed by atoms with E-state index in [0.29, 0.717) is 50.6 Å². The van der Waals surface area contributed by atoms with Crippen LogP contribution < -0.4 is 10.1 Å². The van der Waals surface area contributed by atoms with E-state index in [2.05, 4.69) is 5.32 Å². The zero-order chi connectivity index (χ0) is 20.7. The fourth-order valence-corrected chi connectivity index (χ4v) is 4.60. The van der Waals surface area contributed by atoms with Crippen LogP contribution in [0.5, 0.6) is 5.75 Å². The van der Waals surface area contributed by atoms with Crippen LogP contribution in [0, 0.1) is 0 Å². The summed E-state index contributed by atoms with van der Waals surface area (Å²) in [5, 5.41) is 2.87. The molecule has 29 heavy (non-hydrogen) atoms. The Hall–Kier alpha value is -2.42. The maximum Gasteiger partial charge on any atom is 0.251 e. The van der Waals surface area contributed by atoms with E-state index in [9.17, 15) is 13.2 Å². The van der Waals surface area contributed by atoms with Crippen LogP contribution in [0.25, 0.3) is 0 Å². The number of para-hydroxylation sites is 1. The molecule has 0 aliphatic carbocycles. The summed E-state index contributed by atoms with van der Waals surface area (Å²) < 4.78 is 37.2. The van der Waals surface area contributed by atoms with Gasteiger partial charge in [-0.2, -0.15) is 4.31 Å². The molecule has 3 rings (SSSR count). The van der Waals surface area contributed by atoms with Gasteiger partial charge in [0.05, 0.1) is 25.6 Å². The van der Waals surface area contributed by atoms with Gasteiger partial charge in [-0.15, -0.1) is 0 Å². The topological polar surface area (TPSA) is 84.9 Å². The third kappa shape index (κ3) is 5.79. The second kappa shape index (κ2) is 9.87. The molecule has 2 aromatic carbocycles. The number of amides is 1. The molecule has 0 spiro atoms. The molecule has 1 aliphatic rings. The van der Waals surface area contributed by atoms with Crippen molar-refractivity contribution in [2.45, 2.75) is 19.2 Å². The van der Waals surface area contributed by atoms with Gasteiger partial charge >= 0.3 is 0 Å². The monoisotopic (exact) mass is 418 g/mol. The number of hydrogen-bond acceptors (Lipinski definition) is 5. The zero-order valence-electron chi connectivity index (χ0n) is 16.5. The first-order valence-electron chi connectivity index (χ1n) is 9.63. The average molecular weight is 419 g/mol. The molecule has 2 aromatic rings. The van der Waals surface area contributed by atoms with E-state index in [4.69, 9.17) is 9.47 Å². The lowest BCUT2D eigenvalue weighted by Crippen LogP contribution is -2.41. The molecule has 0 atom stereocenters. The number of sulfonamides is 1. The van der Waals surface area contributed by atoms with Gasteiger partial charge in [0.15, 0.2) is 0 Å². The minimum atomic E-state index is -3.39. The molecular weight excluding hydrogens is 392 g/mol. The zero-order valence-corrected chi connectivity index (χ0v) is 17.3. The van der Waals surface area contributed by atoms with Crippen LogP contribution in [-0.4, -0.2) is 51.5 Å². The van der Waals surface area contributed by atoms with Crippen molar-refractivity contribution in [3.8, 4) is 5.75 Å². The van der Waals surface area contributed by atoms with Gasteiger partial charge in [0, 0.05) is 30.8 Å². The van der Waals surface area contributed by atoms with Crippen LogP contribution in [0.4, 0.5) is 0 Å². The summed E-state index contributed by atoms with van der Waals surface area (Å²) in [6, 6.07) is 14.2. The molecule has 156 valence electrons. The Balaban J connectivity index is 1.59. The van der Waals surface area contributed by atoms with Gasteiger partial charge < -0.3 is 14.8 Å². The first-order valence-corrected chi connectivity index (χ1v) is 11.2. The van der Waals surface area contributed by atoms with Crippen molar-refractivity contribution in [2.24, 2.45) is 0 Å². The molecule has 0 unspecified atom stereocenters. The molecule has 1 saturated heterocycles. The van der Waals surface area contributed by atoms with Crippen molar-refractivity contribution in [3.63, 3.8) is 0 Å². The highest BCUT2D eigenvalue weighted by Gasteiger charge is 2.24. The van der Waals surface area contributed by atoms with E-state index in [1.165, 1.54) is 4.31 Å². The number of nitrogens with one attached hydrogen (secondary N) is 1. The first-order chi connectivity index (χ1) is 14.0. The van der Waals surface area contributed by atoms with Crippen molar-refractivity contribution in [2.75, 3.05) is 32.9 Å². The van der Waals surface area contributed by atoms with Gasteiger partial charge in [0.2, 0.25) is 10.0 Å². The van der Waals surface area contributed by atoms with Crippen molar-refractivity contribution in [3.05, 3.63) is 65.2 Å². The summed E-state index contributed by atoms with van der Waals surface area (Å²) in [4.78, 5) is 12.4. The predicted molar refractivity (Wildman–Crippen MR) is 110 cm³/mol. The fraction of sp³-hybridized carbons (Fsp3) is 0.381. The van der Waals surface area contributed by atoms with Crippen LogP contribution in [0.15, 0.2) is 48.5 Å². The van der Waals surface area contributed by atoms with E-state index in [1.54, 1.807) is 24.3 Å². The molecule has 1 fully saturated rings. The maximum absolute atomic E-state index is 12.5. The Morgan fingerprint density at radius 2 is 1.79 bits per heavy atom. The third-order valence-corrected chi connectivity index (χ3v) is 6.49. The molecule has 7 nitrogen and oxygen atoms in total. The highest BCUT2D eigenvalue weighted by molar-refractivity contribution is 7.88. The van der Waals surface area contributed by atoms with Crippen LogP contribution in [0.3, 0.4) is 0 Å². The molecule has 0 bridgehead atoms. The Morgan fingerprint density at radius 3 is 2.48 bits per heavy atom. The number of morpholine rings is 1. The summed E-state index contributed by atoms with van der Waals surface area (Å²) in [5.41, 5.74) is 2.03. The van der Waals surface area contributed by atoms with Crippen LogP contribution >= 0.6 is 0 Å². The second-order valence-electron chi connectivity index (χ2n) is 6.69. The second-order valence-corrected chi connectivity index (χ2v) is 8.66. The molecule has 0 saturated carbocycles. The van der Waals surface area contributed by atoms with Crippen LogP contribution in [0.2, 0.25) is 0 Å². The number of hydrogen-bond donors (Lipinski definition) is 1. The Labute approximate surface area is 171 Å². The van der Waals surface area contributed by atoms with E-state index in [1.807, 2.05) is 31.2 Å². The molecular formula is C21H26N2O5S. The Bertz CT molecular complexity index is 922. The van der Waals surface area contributed by atoms with E-state index >= 15 is 0 Å². The predicted octanol–water partition coefficient (Wildman–Crippen LogP) is 2.18. The third-order valence-electron chi connectivity index (χ3n) is 4.64. The minimum Gasteiger partial charge on any atom is -0.494 e. The smallest absolute Gasteiger partial charge is 0.251 e. The highest BCUT2D eigenvalue weighted by Crippen LogP contribution is 2.18. The van der Waals surface area contributed by atoms with Gasteiger partial charge in [-0.25, -0.2) is 8.42 Å². The summed E-state index contributed by atoms with van der Waals surface area (Å²) in [5.74, 6) is 0.439. The minimum absolute atomic E-state index is 0.0867.